The van der Waals surface area contributed by atoms with Gasteiger partial charge in [-0.3, -0.25) is 5.10 Å². The van der Waals surface area contributed by atoms with Crippen LogP contribution in [0.2, 0.25) is 0 Å². The third-order valence-electron chi connectivity index (χ3n) is 3.61. The van der Waals surface area contributed by atoms with Crippen molar-refractivity contribution < 1.29 is 0 Å². The van der Waals surface area contributed by atoms with Gasteiger partial charge < -0.3 is 5.32 Å². The van der Waals surface area contributed by atoms with E-state index >= 15 is 0 Å². The number of rotatable bonds is 4. The molecule has 6 heteroatoms. The number of aromatic amines is 1. The van der Waals surface area contributed by atoms with Crippen LogP contribution in [0.4, 0.5) is 10.8 Å². The second-order valence-corrected chi connectivity index (χ2v) is 6.41. The quantitative estimate of drug-likeness (QED) is 0.570. The van der Waals surface area contributed by atoms with Gasteiger partial charge in [0.05, 0.1) is 11.4 Å². The lowest BCUT2D eigenvalue weighted by molar-refractivity contribution is 1.06. The predicted molar refractivity (Wildman–Crippen MR) is 97.4 cm³/mol. The average Bonchev–Trinajstić information content (AvgIpc) is 3.26. The van der Waals surface area contributed by atoms with E-state index in [1.807, 2.05) is 36.4 Å². The first-order chi connectivity index (χ1) is 11.8. The van der Waals surface area contributed by atoms with Crippen molar-refractivity contribution >= 4 is 22.2 Å². The lowest BCUT2D eigenvalue weighted by Crippen LogP contribution is -1.87. The Kier molecular flexibility index (Phi) is 3.80. The van der Waals surface area contributed by atoms with Crippen LogP contribution in [0.15, 0.2) is 60.7 Å². The summed E-state index contributed by atoms with van der Waals surface area (Å²) in [6.07, 6.45) is 0. The van der Waals surface area contributed by atoms with Gasteiger partial charge in [0.15, 0.2) is 5.01 Å². The number of aryl methyl sites for hydroxylation is 1. The van der Waals surface area contributed by atoms with Gasteiger partial charge in [0.2, 0.25) is 5.13 Å². The summed E-state index contributed by atoms with van der Waals surface area (Å²) in [6, 6.07) is 20.2. The maximum Gasteiger partial charge on any atom is 0.210 e. The monoisotopic (exact) mass is 333 g/mol. The zero-order chi connectivity index (χ0) is 16.4. The van der Waals surface area contributed by atoms with Crippen molar-refractivity contribution in [2.75, 3.05) is 5.32 Å². The molecule has 0 aliphatic heterocycles. The highest BCUT2D eigenvalue weighted by atomic mass is 32.1. The molecule has 5 nitrogen and oxygen atoms in total. The van der Waals surface area contributed by atoms with E-state index in [2.05, 4.69) is 56.9 Å². The summed E-state index contributed by atoms with van der Waals surface area (Å²) in [5.74, 6) is 0. The second kappa shape index (κ2) is 6.25. The van der Waals surface area contributed by atoms with E-state index in [0.29, 0.717) is 0 Å². The standard InChI is InChI=1S/C18H15N5S/c1-12-7-9-13(10-8-12)15-11-16(21-20-15)17-22-23-18(24-17)19-14-5-3-2-4-6-14/h2-11H,1H3,(H,19,23)(H,20,21). The van der Waals surface area contributed by atoms with E-state index in [-0.39, 0.29) is 0 Å². The number of para-hydroxylation sites is 1. The smallest absolute Gasteiger partial charge is 0.210 e. The number of benzene rings is 2. The molecule has 0 aliphatic rings. The summed E-state index contributed by atoms with van der Waals surface area (Å²) in [7, 11) is 0. The van der Waals surface area contributed by atoms with Gasteiger partial charge in [0, 0.05) is 11.3 Å². The molecule has 2 N–H and O–H groups in total. The van der Waals surface area contributed by atoms with Gasteiger partial charge in [-0.25, -0.2) is 0 Å². The topological polar surface area (TPSA) is 66.5 Å². The molecule has 0 radical (unpaired) electrons. The molecule has 4 rings (SSSR count). The van der Waals surface area contributed by atoms with Crippen LogP contribution >= 0.6 is 11.3 Å². The molecule has 0 atom stereocenters. The van der Waals surface area contributed by atoms with Crippen molar-refractivity contribution in [2.24, 2.45) is 0 Å². The number of anilines is 2. The molecule has 2 aromatic heterocycles. The van der Waals surface area contributed by atoms with Crippen molar-refractivity contribution in [3.05, 3.63) is 66.2 Å². The fraction of sp³-hybridized carbons (Fsp3) is 0.0556. The molecule has 2 aromatic carbocycles. The maximum absolute atomic E-state index is 4.38. The van der Waals surface area contributed by atoms with Crippen LogP contribution in [-0.4, -0.2) is 20.4 Å². The summed E-state index contributed by atoms with van der Waals surface area (Å²) in [6.45, 7) is 2.07. The number of aromatic nitrogens is 4. The summed E-state index contributed by atoms with van der Waals surface area (Å²) < 4.78 is 0. The van der Waals surface area contributed by atoms with Crippen LogP contribution in [0.5, 0.6) is 0 Å². The van der Waals surface area contributed by atoms with Crippen LogP contribution in [-0.2, 0) is 0 Å². The molecule has 0 spiro atoms. The van der Waals surface area contributed by atoms with Gasteiger partial charge >= 0.3 is 0 Å². The Balaban J connectivity index is 1.56. The lowest BCUT2D eigenvalue weighted by Gasteiger charge is -1.99. The van der Waals surface area contributed by atoms with Gasteiger partial charge in [0.1, 0.15) is 0 Å². The minimum Gasteiger partial charge on any atom is -0.330 e. The lowest BCUT2D eigenvalue weighted by atomic mass is 10.1. The molecule has 0 fully saturated rings. The van der Waals surface area contributed by atoms with E-state index in [9.17, 15) is 0 Å². The third kappa shape index (κ3) is 3.04. The van der Waals surface area contributed by atoms with E-state index < -0.39 is 0 Å². The van der Waals surface area contributed by atoms with Crippen molar-refractivity contribution in [1.29, 1.82) is 0 Å². The SMILES string of the molecule is Cc1ccc(-c2cc(-c3nnc(Nc4ccccc4)s3)[nH]n2)cc1. The summed E-state index contributed by atoms with van der Waals surface area (Å²) in [5, 5.41) is 20.7. The van der Waals surface area contributed by atoms with Crippen molar-refractivity contribution in [3.8, 4) is 22.0 Å². The van der Waals surface area contributed by atoms with E-state index in [4.69, 9.17) is 0 Å². The van der Waals surface area contributed by atoms with Gasteiger partial charge in [-0.05, 0) is 25.1 Å². The number of nitrogens with zero attached hydrogens (tertiary/aromatic N) is 3. The van der Waals surface area contributed by atoms with Gasteiger partial charge in [-0.1, -0.05) is 59.4 Å². The highest BCUT2D eigenvalue weighted by molar-refractivity contribution is 7.18. The van der Waals surface area contributed by atoms with Gasteiger partial charge in [-0.15, -0.1) is 10.2 Å². The highest BCUT2D eigenvalue weighted by Gasteiger charge is 2.11. The third-order valence-corrected chi connectivity index (χ3v) is 4.48. The van der Waals surface area contributed by atoms with Crippen LogP contribution < -0.4 is 5.32 Å². The van der Waals surface area contributed by atoms with Crippen LogP contribution in [0, 0.1) is 6.92 Å². The molecular formula is C18H15N5S. The Morgan fingerprint density at radius 1 is 0.958 bits per heavy atom. The molecule has 0 amide bonds. The second-order valence-electron chi connectivity index (χ2n) is 5.44. The first-order valence-electron chi connectivity index (χ1n) is 7.56. The number of hydrogen-bond acceptors (Lipinski definition) is 5. The van der Waals surface area contributed by atoms with Crippen LogP contribution in [0.3, 0.4) is 0 Å². The highest BCUT2D eigenvalue weighted by Crippen LogP contribution is 2.29. The van der Waals surface area contributed by atoms with E-state index in [1.165, 1.54) is 16.9 Å². The molecular weight excluding hydrogens is 318 g/mol. The summed E-state index contributed by atoms with van der Waals surface area (Å²) in [4.78, 5) is 0. The molecule has 24 heavy (non-hydrogen) atoms. The Bertz CT molecular complexity index is 941. The first-order valence-corrected chi connectivity index (χ1v) is 8.38. The van der Waals surface area contributed by atoms with Crippen LogP contribution in [0.1, 0.15) is 5.56 Å². The molecule has 0 aliphatic carbocycles. The molecule has 2 heterocycles. The van der Waals surface area contributed by atoms with Crippen molar-refractivity contribution in [1.82, 2.24) is 20.4 Å². The zero-order valence-corrected chi connectivity index (χ0v) is 13.8. The number of nitrogens with one attached hydrogen (secondary N) is 2. The molecule has 0 saturated heterocycles. The maximum atomic E-state index is 4.38. The summed E-state index contributed by atoms with van der Waals surface area (Å²) >= 11 is 1.49. The number of hydrogen-bond donors (Lipinski definition) is 2. The Hall–Kier alpha value is -2.99. The minimum atomic E-state index is 0.752. The van der Waals surface area contributed by atoms with E-state index in [0.717, 1.165) is 32.8 Å². The Morgan fingerprint density at radius 3 is 2.54 bits per heavy atom. The van der Waals surface area contributed by atoms with E-state index in [1.54, 1.807) is 0 Å². The Labute approximate surface area is 143 Å². The largest absolute Gasteiger partial charge is 0.330 e. The first kappa shape index (κ1) is 14.6. The summed E-state index contributed by atoms with van der Waals surface area (Å²) in [5.41, 5.74) is 5.07. The predicted octanol–water partition coefficient (Wildman–Crippen LogP) is 4.65. The minimum absolute atomic E-state index is 0.752. The molecule has 118 valence electrons. The zero-order valence-electron chi connectivity index (χ0n) is 13.0. The fourth-order valence-electron chi connectivity index (χ4n) is 2.33. The Morgan fingerprint density at radius 2 is 1.75 bits per heavy atom. The van der Waals surface area contributed by atoms with Gasteiger partial charge in [-0.2, -0.15) is 5.10 Å². The van der Waals surface area contributed by atoms with Gasteiger partial charge in [0.25, 0.3) is 0 Å². The fourth-order valence-corrected chi connectivity index (χ4v) is 3.06. The van der Waals surface area contributed by atoms with Crippen molar-refractivity contribution in [3.63, 3.8) is 0 Å². The normalized spacial score (nSPS) is 10.7. The molecule has 0 saturated carbocycles. The molecule has 0 bridgehead atoms. The molecule has 4 aromatic rings. The molecule has 0 unspecified atom stereocenters. The van der Waals surface area contributed by atoms with Crippen molar-refractivity contribution in [2.45, 2.75) is 6.92 Å². The number of H-pyrrole nitrogens is 1. The average molecular weight is 333 g/mol. The van der Waals surface area contributed by atoms with Crippen LogP contribution in [0.25, 0.3) is 22.0 Å².